The zero-order chi connectivity index (χ0) is 25.5. The molecule has 0 saturated carbocycles. The molecule has 0 spiro atoms. The number of hydrogen-bond donors (Lipinski definition) is 3. The second-order valence-corrected chi connectivity index (χ2v) is 8.53. The Kier molecular flexibility index (Phi) is 9.06. The third-order valence-electron chi connectivity index (χ3n) is 3.69. The lowest BCUT2D eigenvalue weighted by atomic mass is 10.3. The van der Waals surface area contributed by atoms with E-state index >= 15 is 0 Å². The van der Waals surface area contributed by atoms with Gasteiger partial charge in [0.05, 0.1) is 24.9 Å². The van der Waals surface area contributed by atoms with E-state index in [1.54, 1.807) is 0 Å². The Labute approximate surface area is 204 Å². The van der Waals surface area contributed by atoms with Gasteiger partial charge in [-0.3, -0.25) is 15.4 Å². The Morgan fingerprint density at radius 2 is 1.56 bits per heavy atom. The normalized spacial score (nSPS) is 10.5. The van der Waals surface area contributed by atoms with E-state index in [1.807, 2.05) is 0 Å². The molecule has 182 valence electrons. The molecule has 2 aromatic rings. The van der Waals surface area contributed by atoms with Gasteiger partial charge in [-0.25, -0.2) is 14.6 Å². The topological polar surface area (TPSA) is 161 Å². The first-order chi connectivity index (χ1) is 15.9. The van der Waals surface area contributed by atoms with Crippen LogP contribution in [-0.2, 0) is 24.4 Å². The molecule has 34 heavy (non-hydrogen) atoms. The van der Waals surface area contributed by atoms with Gasteiger partial charge >= 0.3 is 22.3 Å². The van der Waals surface area contributed by atoms with Crippen LogP contribution < -0.4 is 20.1 Å². The maximum atomic E-state index is 13.1. The number of carbonyl (C=O) groups is 3. The maximum Gasteiger partial charge on any atom is 0.413 e. The summed E-state index contributed by atoms with van der Waals surface area (Å²) in [4.78, 5) is 38.1. The molecular formula is C19H18Cl2N4O8S. The fraction of sp³-hybridized carbons (Fsp3) is 0.158. The van der Waals surface area contributed by atoms with Gasteiger partial charge in [0.25, 0.3) is 0 Å². The van der Waals surface area contributed by atoms with Gasteiger partial charge in [-0.2, -0.15) is 8.42 Å². The van der Waals surface area contributed by atoms with Crippen LogP contribution in [0.3, 0.4) is 0 Å². The lowest BCUT2D eigenvalue weighted by molar-refractivity contribution is -0.114. The molecule has 12 nitrogen and oxygen atoms in total. The number of rotatable bonds is 5. The number of methoxy groups -OCH3 is 2. The second-order valence-electron chi connectivity index (χ2n) is 6.17. The van der Waals surface area contributed by atoms with Crippen molar-refractivity contribution in [3.63, 3.8) is 0 Å². The fourth-order valence-electron chi connectivity index (χ4n) is 2.29. The summed E-state index contributed by atoms with van der Waals surface area (Å²) in [5, 5.41) is 6.76. The maximum absolute atomic E-state index is 13.1. The van der Waals surface area contributed by atoms with Gasteiger partial charge in [-0.1, -0.05) is 23.2 Å². The van der Waals surface area contributed by atoms with Gasteiger partial charge in [0.1, 0.15) is 4.90 Å². The number of amides is 3. The van der Waals surface area contributed by atoms with E-state index in [2.05, 4.69) is 30.4 Å². The number of ether oxygens (including phenoxy) is 2. The summed E-state index contributed by atoms with van der Waals surface area (Å²) in [5.41, 5.74) is -0.204. The molecule has 0 radical (unpaired) electrons. The van der Waals surface area contributed by atoms with E-state index in [0.717, 1.165) is 20.3 Å². The SMILES string of the molecule is COC(=O)NC(=Nc1ccc(NC(C)=O)cc1S(=O)(=O)Oc1cc(Cl)ccc1Cl)NC(=O)OC. The van der Waals surface area contributed by atoms with E-state index in [1.165, 1.54) is 37.3 Å². The molecule has 0 atom stereocenters. The predicted molar refractivity (Wildman–Crippen MR) is 123 cm³/mol. The molecule has 0 heterocycles. The van der Waals surface area contributed by atoms with Crippen molar-refractivity contribution in [1.82, 2.24) is 10.6 Å². The number of guanidine groups is 1. The van der Waals surface area contributed by atoms with Crippen molar-refractivity contribution in [1.29, 1.82) is 0 Å². The number of alkyl carbamates (subject to hydrolysis) is 2. The fourth-order valence-corrected chi connectivity index (χ4v) is 3.76. The summed E-state index contributed by atoms with van der Waals surface area (Å²) >= 11 is 11.9. The molecule has 3 N–H and O–H groups in total. The van der Waals surface area contributed by atoms with Crippen LogP contribution >= 0.6 is 23.2 Å². The minimum absolute atomic E-state index is 0.0450. The predicted octanol–water partition coefficient (Wildman–Crippen LogP) is 3.42. The molecule has 2 rings (SSSR count). The van der Waals surface area contributed by atoms with Crippen LogP contribution in [0.2, 0.25) is 10.0 Å². The minimum Gasteiger partial charge on any atom is -0.453 e. The first-order valence-corrected chi connectivity index (χ1v) is 11.2. The van der Waals surface area contributed by atoms with Gasteiger partial charge in [0.2, 0.25) is 11.9 Å². The molecule has 0 saturated heterocycles. The standard InChI is InChI=1S/C19H18Cl2N4O8S/c1-10(26)22-12-5-7-14(23-17(24-18(27)31-2)25-19(28)32-3)16(9-12)34(29,30)33-15-8-11(20)4-6-13(15)21/h4-9H,1-3H3,(H,22,26)(H2,23,24,25,27,28). The summed E-state index contributed by atoms with van der Waals surface area (Å²) in [6, 6.07) is 7.53. The van der Waals surface area contributed by atoms with Crippen LogP contribution in [0.5, 0.6) is 5.75 Å². The van der Waals surface area contributed by atoms with Crippen LogP contribution in [0.25, 0.3) is 0 Å². The zero-order valence-corrected chi connectivity index (χ0v) is 20.2. The Morgan fingerprint density at radius 1 is 0.941 bits per heavy atom. The molecule has 0 aliphatic carbocycles. The summed E-state index contributed by atoms with van der Waals surface area (Å²) in [6.45, 7) is 1.22. The zero-order valence-electron chi connectivity index (χ0n) is 17.8. The summed E-state index contributed by atoms with van der Waals surface area (Å²) < 4.78 is 40.3. The number of halogens is 2. The van der Waals surface area contributed by atoms with Gasteiger partial charge in [-0.05, 0) is 30.3 Å². The highest BCUT2D eigenvalue weighted by Crippen LogP contribution is 2.34. The molecular weight excluding hydrogens is 515 g/mol. The van der Waals surface area contributed by atoms with E-state index in [-0.39, 0.29) is 27.2 Å². The molecule has 15 heteroatoms. The van der Waals surface area contributed by atoms with Crippen LogP contribution in [0.1, 0.15) is 6.92 Å². The molecule has 0 unspecified atom stereocenters. The van der Waals surface area contributed by atoms with E-state index in [4.69, 9.17) is 27.4 Å². The van der Waals surface area contributed by atoms with E-state index in [9.17, 15) is 22.8 Å². The van der Waals surface area contributed by atoms with Crippen molar-refractivity contribution in [2.45, 2.75) is 11.8 Å². The van der Waals surface area contributed by atoms with Crippen molar-refractivity contribution in [3.05, 3.63) is 46.4 Å². The van der Waals surface area contributed by atoms with Gasteiger partial charge in [-0.15, -0.1) is 0 Å². The molecule has 2 aromatic carbocycles. The largest absolute Gasteiger partial charge is 0.453 e. The number of carbonyl (C=O) groups excluding carboxylic acids is 3. The number of anilines is 1. The van der Waals surface area contributed by atoms with E-state index < -0.39 is 39.1 Å². The second kappa shape index (κ2) is 11.5. The van der Waals surface area contributed by atoms with Crippen molar-refractivity contribution in [2.24, 2.45) is 4.99 Å². The smallest absolute Gasteiger partial charge is 0.413 e. The third-order valence-corrected chi connectivity index (χ3v) is 5.50. The Balaban J connectivity index is 2.64. The first-order valence-electron chi connectivity index (χ1n) is 9.05. The molecule has 0 aromatic heterocycles. The van der Waals surface area contributed by atoms with Gasteiger partial charge in [0.15, 0.2) is 5.75 Å². The Bertz CT molecular complexity index is 1230. The lowest BCUT2D eigenvalue weighted by Gasteiger charge is -2.14. The number of benzene rings is 2. The van der Waals surface area contributed by atoms with E-state index in [0.29, 0.717) is 0 Å². The van der Waals surface area contributed by atoms with Gasteiger partial charge < -0.3 is 19.0 Å². The molecule has 0 aliphatic rings. The lowest BCUT2D eigenvalue weighted by Crippen LogP contribution is -2.43. The van der Waals surface area contributed by atoms with Crippen LogP contribution in [0.4, 0.5) is 21.0 Å². The molecule has 3 amide bonds. The number of hydrogen-bond acceptors (Lipinski definition) is 9. The average Bonchev–Trinajstić information content (AvgIpc) is 2.76. The van der Waals surface area contributed by atoms with Crippen LogP contribution in [-0.4, -0.2) is 46.7 Å². The summed E-state index contributed by atoms with van der Waals surface area (Å²) in [5.74, 6) is -1.27. The first kappa shape index (κ1) is 26.7. The third kappa shape index (κ3) is 7.50. The molecule has 0 fully saturated rings. The van der Waals surface area contributed by atoms with Gasteiger partial charge in [0, 0.05) is 23.7 Å². The molecule has 0 bridgehead atoms. The molecule has 0 aliphatic heterocycles. The monoisotopic (exact) mass is 532 g/mol. The number of nitrogens with one attached hydrogen (secondary N) is 3. The van der Waals surface area contributed by atoms with Crippen molar-refractivity contribution < 1.29 is 36.5 Å². The highest BCUT2D eigenvalue weighted by molar-refractivity contribution is 7.87. The highest BCUT2D eigenvalue weighted by atomic mass is 35.5. The number of nitrogens with zero attached hydrogens (tertiary/aromatic N) is 1. The van der Waals surface area contributed by atoms with Crippen molar-refractivity contribution in [3.8, 4) is 5.75 Å². The quantitative estimate of drug-likeness (QED) is 0.299. The Morgan fingerprint density at radius 3 is 2.12 bits per heavy atom. The van der Waals surface area contributed by atoms with Crippen LogP contribution in [0, 0.1) is 0 Å². The minimum atomic E-state index is -4.64. The summed E-state index contributed by atoms with van der Waals surface area (Å²) in [7, 11) is -2.52. The highest BCUT2D eigenvalue weighted by Gasteiger charge is 2.24. The van der Waals surface area contributed by atoms with Crippen LogP contribution in [0.15, 0.2) is 46.3 Å². The Hall–Kier alpha value is -3.55. The van der Waals surface area contributed by atoms with Crippen molar-refractivity contribution >= 4 is 68.7 Å². The number of aliphatic imine (C=N–C) groups is 1. The van der Waals surface area contributed by atoms with Crippen molar-refractivity contribution in [2.75, 3.05) is 19.5 Å². The summed E-state index contributed by atoms with van der Waals surface area (Å²) in [6.07, 6.45) is -2.03. The average molecular weight is 533 g/mol.